The van der Waals surface area contributed by atoms with Gasteiger partial charge in [-0.25, -0.2) is 0 Å². The number of hydrogen-bond donors (Lipinski definition) is 0. The van der Waals surface area contributed by atoms with E-state index in [-0.39, 0.29) is 15.5 Å². The Hall–Kier alpha value is 0.427. The third-order valence-corrected chi connectivity index (χ3v) is 5.01. The molecule has 0 aromatic rings. The number of hydrogen-bond acceptors (Lipinski definition) is 2. The van der Waals surface area contributed by atoms with Crippen molar-refractivity contribution in [3.05, 3.63) is 0 Å². The average molecular weight is 193 g/mol. The third-order valence-electron chi connectivity index (χ3n) is 2.12. The lowest BCUT2D eigenvalue weighted by Crippen LogP contribution is -2.62. The van der Waals surface area contributed by atoms with E-state index >= 15 is 0 Å². The summed E-state index contributed by atoms with van der Waals surface area (Å²) in [7, 11) is 2.01. The molecule has 0 saturated carbocycles. The molecule has 1 saturated heterocycles. The molecule has 1 fully saturated rings. The van der Waals surface area contributed by atoms with E-state index in [0.717, 1.165) is 0 Å². The quantitative estimate of drug-likeness (QED) is 0.283. The van der Waals surface area contributed by atoms with Gasteiger partial charge in [0.1, 0.15) is 5.62 Å². The van der Waals surface area contributed by atoms with Gasteiger partial charge in [-0.1, -0.05) is 31.4 Å². The summed E-state index contributed by atoms with van der Waals surface area (Å²) in [4.78, 5) is 0. The number of alkyl halides is 1. The van der Waals surface area contributed by atoms with Crippen molar-refractivity contribution >= 4 is 21.4 Å². The maximum atomic E-state index is 6.03. The van der Waals surface area contributed by atoms with E-state index in [2.05, 4.69) is 23.1 Å². The summed E-state index contributed by atoms with van der Waals surface area (Å²) < 4.78 is 4.70. The Morgan fingerprint density at radius 2 is 2.18 bits per heavy atom. The average Bonchev–Trinajstić information content (AvgIpc) is 2.03. The molecule has 0 N–H and O–H groups in total. The van der Waals surface area contributed by atoms with Crippen molar-refractivity contribution in [2.75, 3.05) is 13.6 Å². The predicted octanol–water partition coefficient (Wildman–Crippen LogP) is 0.945. The van der Waals surface area contributed by atoms with Crippen LogP contribution in [0.25, 0.3) is 0 Å². The highest BCUT2D eigenvalue weighted by Crippen LogP contribution is 2.18. The topological polar surface area (TPSA) is 6.48 Å². The Balaban J connectivity index is 2.01. The Kier molecular flexibility index (Phi) is 3.85. The van der Waals surface area contributed by atoms with Gasteiger partial charge in [0.25, 0.3) is 0 Å². The molecule has 0 aliphatic carbocycles. The van der Waals surface area contributed by atoms with E-state index in [1.165, 1.54) is 25.8 Å². The van der Waals surface area contributed by atoms with Crippen molar-refractivity contribution in [1.82, 2.24) is 9.13 Å². The van der Waals surface area contributed by atoms with Gasteiger partial charge in [-0.15, -0.1) is 0 Å². The molecule has 1 unspecified atom stereocenters. The number of halogens is 1. The van der Waals surface area contributed by atoms with Crippen molar-refractivity contribution in [1.29, 1.82) is 0 Å². The summed E-state index contributed by atoms with van der Waals surface area (Å²) in [6.07, 6.45) is 3.97. The van der Waals surface area contributed by atoms with Crippen LogP contribution in [0, 0.1) is 0 Å². The first-order valence-electron chi connectivity index (χ1n) is 4.34. The molecule has 4 heteroatoms. The summed E-state index contributed by atoms with van der Waals surface area (Å²) in [6, 6.07) is 0. The summed E-state index contributed by atoms with van der Waals surface area (Å²) in [6.45, 7) is 3.45. The van der Waals surface area contributed by atoms with E-state index in [1.54, 1.807) is 0 Å². The van der Waals surface area contributed by atoms with Crippen LogP contribution >= 0.6 is 11.6 Å². The molecule has 2 nitrogen and oxygen atoms in total. The molecule has 0 amide bonds. The van der Waals surface area contributed by atoms with Crippen LogP contribution in [0.1, 0.15) is 26.2 Å². The number of unbranched alkanes of at least 4 members (excludes halogenated alkanes) is 2. The van der Waals surface area contributed by atoms with Crippen LogP contribution in [0.3, 0.4) is 0 Å². The van der Waals surface area contributed by atoms with Gasteiger partial charge >= 0.3 is 0 Å². The highest BCUT2D eigenvalue weighted by Gasteiger charge is 2.30. The molecular formula is C7H17ClN2Si. The summed E-state index contributed by atoms with van der Waals surface area (Å²) in [5.41, 5.74) is 0.221. The van der Waals surface area contributed by atoms with Crippen LogP contribution < -0.4 is 0 Å². The number of rotatable bonds is 4. The SMILES string of the molecule is CCCCCN1[SiH2]N(C)C1Cl. The molecule has 1 aliphatic rings. The van der Waals surface area contributed by atoms with Crippen molar-refractivity contribution < 1.29 is 0 Å². The van der Waals surface area contributed by atoms with Crippen LogP contribution in [0.5, 0.6) is 0 Å². The summed E-state index contributed by atoms with van der Waals surface area (Å²) in [5, 5.41) is 0. The fourth-order valence-electron chi connectivity index (χ4n) is 1.35. The summed E-state index contributed by atoms with van der Waals surface area (Å²) >= 11 is 6.03. The molecule has 0 radical (unpaired) electrons. The Morgan fingerprint density at radius 3 is 2.64 bits per heavy atom. The third kappa shape index (κ3) is 2.44. The Morgan fingerprint density at radius 1 is 1.45 bits per heavy atom. The minimum atomic E-state index is -0.0974. The first-order valence-corrected chi connectivity index (χ1v) is 6.04. The molecule has 0 aromatic carbocycles. The minimum absolute atomic E-state index is 0.0974. The zero-order valence-electron chi connectivity index (χ0n) is 7.39. The lowest BCUT2D eigenvalue weighted by atomic mass is 10.2. The Labute approximate surface area is 76.5 Å². The van der Waals surface area contributed by atoms with E-state index in [9.17, 15) is 0 Å². The zero-order chi connectivity index (χ0) is 8.27. The van der Waals surface area contributed by atoms with Crippen LogP contribution in [0.15, 0.2) is 0 Å². The Bertz CT molecular complexity index is 123. The molecule has 1 heterocycles. The molecule has 1 aliphatic heterocycles. The van der Waals surface area contributed by atoms with Crippen molar-refractivity contribution in [2.45, 2.75) is 31.8 Å². The van der Waals surface area contributed by atoms with Gasteiger partial charge in [0.2, 0.25) is 0 Å². The maximum Gasteiger partial charge on any atom is 0.177 e. The second-order valence-electron chi connectivity index (χ2n) is 3.23. The standard InChI is InChI=1S/C7H17ClN2Si/c1-3-4-5-6-10-7(8)9(2)11-10/h7H,3-6,11H2,1-2H3. The zero-order valence-corrected chi connectivity index (χ0v) is 9.56. The van der Waals surface area contributed by atoms with Crippen LogP contribution in [0.2, 0.25) is 0 Å². The number of nitrogens with zero attached hydrogens (tertiary/aromatic N) is 2. The van der Waals surface area contributed by atoms with E-state index in [4.69, 9.17) is 11.6 Å². The minimum Gasteiger partial charge on any atom is -0.292 e. The molecule has 1 rings (SSSR count). The van der Waals surface area contributed by atoms with E-state index in [0.29, 0.717) is 0 Å². The monoisotopic (exact) mass is 192 g/mol. The summed E-state index contributed by atoms with van der Waals surface area (Å²) in [5.74, 6) is 0. The lowest BCUT2D eigenvalue weighted by molar-refractivity contribution is 0.188. The largest absolute Gasteiger partial charge is 0.292 e. The van der Waals surface area contributed by atoms with Gasteiger partial charge in [-0.2, -0.15) is 0 Å². The smallest absolute Gasteiger partial charge is 0.177 e. The van der Waals surface area contributed by atoms with Gasteiger partial charge in [0, 0.05) is 0 Å². The molecule has 11 heavy (non-hydrogen) atoms. The normalized spacial score (nSPS) is 29.2. The second-order valence-corrected chi connectivity index (χ2v) is 5.71. The molecule has 66 valence electrons. The van der Waals surface area contributed by atoms with Gasteiger partial charge in [0.15, 0.2) is 9.84 Å². The van der Waals surface area contributed by atoms with Crippen molar-refractivity contribution in [2.24, 2.45) is 0 Å². The van der Waals surface area contributed by atoms with Gasteiger partial charge in [-0.05, 0) is 20.0 Å². The highest BCUT2D eigenvalue weighted by molar-refractivity contribution is 6.39. The first-order chi connectivity index (χ1) is 5.25. The molecule has 0 aromatic heterocycles. The predicted molar refractivity (Wildman–Crippen MR) is 52.2 cm³/mol. The maximum absolute atomic E-state index is 6.03. The highest BCUT2D eigenvalue weighted by atomic mass is 35.5. The van der Waals surface area contributed by atoms with E-state index in [1.807, 2.05) is 0 Å². The van der Waals surface area contributed by atoms with E-state index < -0.39 is 0 Å². The van der Waals surface area contributed by atoms with Crippen molar-refractivity contribution in [3.8, 4) is 0 Å². The lowest BCUT2D eigenvalue weighted by Gasteiger charge is -2.45. The second kappa shape index (κ2) is 4.45. The molecular weight excluding hydrogens is 176 g/mol. The first kappa shape index (κ1) is 9.51. The molecule has 0 bridgehead atoms. The van der Waals surface area contributed by atoms with Gasteiger partial charge in [0.05, 0.1) is 0 Å². The van der Waals surface area contributed by atoms with Gasteiger partial charge < -0.3 is 0 Å². The van der Waals surface area contributed by atoms with Gasteiger partial charge in [-0.3, -0.25) is 9.13 Å². The fourth-order valence-corrected chi connectivity index (χ4v) is 3.22. The van der Waals surface area contributed by atoms with Crippen molar-refractivity contribution in [3.63, 3.8) is 0 Å². The molecule has 1 atom stereocenters. The molecule has 0 spiro atoms. The van der Waals surface area contributed by atoms with Crippen LogP contribution in [-0.4, -0.2) is 38.2 Å². The van der Waals surface area contributed by atoms with Crippen LogP contribution in [-0.2, 0) is 0 Å². The van der Waals surface area contributed by atoms with Crippen LogP contribution in [0.4, 0.5) is 0 Å². The fraction of sp³-hybridized carbons (Fsp3) is 1.00.